The summed E-state index contributed by atoms with van der Waals surface area (Å²) < 4.78 is 5.66. The van der Waals surface area contributed by atoms with Crippen LogP contribution in [0.2, 0.25) is 10.0 Å². The zero-order chi connectivity index (χ0) is 13.8. The van der Waals surface area contributed by atoms with Crippen molar-refractivity contribution in [3.05, 3.63) is 52.3 Å². The van der Waals surface area contributed by atoms with Gasteiger partial charge in [0.25, 0.3) is 0 Å². The Hall–Kier alpha value is -1.29. The molecule has 0 saturated carbocycles. The van der Waals surface area contributed by atoms with Gasteiger partial charge in [0, 0.05) is 12.1 Å². The highest BCUT2D eigenvalue weighted by Crippen LogP contribution is 2.29. The van der Waals surface area contributed by atoms with Crippen LogP contribution in [0.5, 0.6) is 11.5 Å². The van der Waals surface area contributed by atoms with Crippen molar-refractivity contribution in [2.75, 3.05) is 7.05 Å². The number of ether oxygens (including phenoxy) is 1. The van der Waals surface area contributed by atoms with E-state index in [-0.39, 0.29) is 6.04 Å². The maximum Gasteiger partial charge on any atom is 0.145 e. The summed E-state index contributed by atoms with van der Waals surface area (Å²) in [4.78, 5) is 4.34. The molecule has 19 heavy (non-hydrogen) atoms. The van der Waals surface area contributed by atoms with Gasteiger partial charge in [0.2, 0.25) is 0 Å². The molecular weight excluding hydrogens is 283 g/mol. The van der Waals surface area contributed by atoms with Crippen molar-refractivity contribution in [1.82, 2.24) is 10.3 Å². The lowest BCUT2D eigenvalue weighted by molar-refractivity contribution is 0.478. The Bertz CT molecular complexity index is 558. The van der Waals surface area contributed by atoms with E-state index in [0.717, 1.165) is 5.69 Å². The number of halogens is 2. The van der Waals surface area contributed by atoms with Crippen LogP contribution >= 0.6 is 23.2 Å². The first-order valence-electron chi connectivity index (χ1n) is 5.86. The zero-order valence-electron chi connectivity index (χ0n) is 10.7. The third kappa shape index (κ3) is 3.60. The van der Waals surface area contributed by atoms with Crippen molar-refractivity contribution in [2.24, 2.45) is 0 Å². The first-order chi connectivity index (χ1) is 9.10. The average molecular weight is 297 g/mol. The van der Waals surface area contributed by atoms with Crippen LogP contribution in [0.4, 0.5) is 0 Å². The fourth-order valence-corrected chi connectivity index (χ4v) is 1.82. The van der Waals surface area contributed by atoms with E-state index in [1.54, 1.807) is 24.4 Å². The lowest BCUT2D eigenvalue weighted by Crippen LogP contribution is -2.13. The fraction of sp³-hybridized carbons (Fsp3) is 0.214. The molecule has 0 aliphatic heterocycles. The van der Waals surface area contributed by atoms with Gasteiger partial charge in [-0.05, 0) is 38.2 Å². The standard InChI is InChI=1S/C14H14Cl2N2O/c1-9(17-2)14-6-4-11(8-18-14)19-10-3-5-12(15)13(16)7-10/h3-9,17H,1-2H3. The highest BCUT2D eigenvalue weighted by molar-refractivity contribution is 6.42. The molecule has 0 fully saturated rings. The monoisotopic (exact) mass is 296 g/mol. The molecule has 0 aliphatic rings. The van der Waals surface area contributed by atoms with Gasteiger partial charge in [-0.1, -0.05) is 23.2 Å². The molecule has 1 heterocycles. The molecule has 2 aromatic rings. The van der Waals surface area contributed by atoms with Gasteiger partial charge >= 0.3 is 0 Å². The van der Waals surface area contributed by atoms with E-state index in [0.29, 0.717) is 21.5 Å². The normalized spacial score (nSPS) is 12.2. The van der Waals surface area contributed by atoms with E-state index in [4.69, 9.17) is 27.9 Å². The summed E-state index contributed by atoms with van der Waals surface area (Å²) in [6.07, 6.45) is 1.69. The summed E-state index contributed by atoms with van der Waals surface area (Å²) in [7, 11) is 1.90. The van der Waals surface area contributed by atoms with Crippen molar-refractivity contribution in [3.8, 4) is 11.5 Å². The van der Waals surface area contributed by atoms with Crippen LogP contribution in [0.3, 0.4) is 0 Å². The van der Waals surface area contributed by atoms with E-state index >= 15 is 0 Å². The summed E-state index contributed by atoms with van der Waals surface area (Å²) in [5.74, 6) is 1.29. The Morgan fingerprint density at radius 1 is 1.11 bits per heavy atom. The first kappa shape index (κ1) is 14.1. The van der Waals surface area contributed by atoms with Crippen LogP contribution in [0.25, 0.3) is 0 Å². The predicted molar refractivity (Wildman–Crippen MR) is 78.2 cm³/mol. The number of rotatable bonds is 4. The number of pyridine rings is 1. The van der Waals surface area contributed by atoms with Gasteiger partial charge in [0.1, 0.15) is 11.5 Å². The average Bonchev–Trinajstić information content (AvgIpc) is 2.43. The SMILES string of the molecule is CNC(C)c1ccc(Oc2ccc(Cl)c(Cl)c2)cn1. The molecule has 0 radical (unpaired) electrons. The van der Waals surface area contributed by atoms with Gasteiger partial charge < -0.3 is 10.1 Å². The lowest BCUT2D eigenvalue weighted by atomic mass is 10.2. The third-order valence-electron chi connectivity index (χ3n) is 2.76. The van der Waals surface area contributed by atoms with Crippen molar-refractivity contribution in [1.29, 1.82) is 0 Å². The van der Waals surface area contributed by atoms with E-state index in [1.165, 1.54) is 0 Å². The molecule has 100 valence electrons. The summed E-state index contributed by atoms with van der Waals surface area (Å²) >= 11 is 11.8. The largest absolute Gasteiger partial charge is 0.456 e. The van der Waals surface area contributed by atoms with Crippen LogP contribution in [-0.2, 0) is 0 Å². The predicted octanol–water partition coefficient (Wildman–Crippen LogP) is 4.46. The van der Waals surface area contributed by atoms with Gasteiger partial charge in [-0.25, -0.2) is 0 Å². The first-order valence-corrected chi connectivity index (χ1v) is 6.62. The van der Waals surface area contributed by atoms with Gasteiger partial charge in [-0.2, -0.15) is 0 Å². The molecule has 2 rings (SSSR count). The van der Waals surface area contributed by atoms with E-state index < -0.39 is 0 Å². The second-order valence-corrected chi connectivity index (χ2v) is 4.92. The van der Waals surface area contributed by atoms with Gasteiger partial charge in [0.05, 0.1) is 21.9 Å². The Balaban J connectivity index is 2.12. The highest BCUT2D eigenvalue weighted by Gasteiger charge is 2.05. The highest BCUT2D eigenvalue weighted by atomic mass is 35.5. The number of aromatic nitrogens is 1. The minimum atomic E-state index is 0.207. The van der Waals surface area contributed by atoms with Crippen molar-refractivity contribution in [2.45, 2.75) is 13.0 Å². The maximum absolute atomic E-state index is 5.93. The fourth-order valence-electron chi connectivity index (χ4n) is 1.53. The van der Waals surface area contributed by atoms with Crippen molar-refractivity contribution in [3.63, 3.8) is 0 Å². The van der Waals surface area contributed by atoms with Crippen LogP contribution in [0.15, 0.2) is 36.5 Å². The second kappa shape index (κ2) is 6.24. The Kier molecular flexibility index (Phi) is 4.64. The molecule has 0 spiro atoms. The van der Waals surface area contributed by atoms with Gasteiger partial charge in [-0.15, -0.1) is 0 Å². The molecule has 0 amide bonds. The van der Waals surface area contributed by atoms with Crippen molar-refractivity contribution >= 4 is 23.2 Å². The van der Waals surface area contributed by atoms with Crippen molar-refractivity contribution < 1.29 is 4.74 Å². The smallest absolute Gasteiger partial charge is 0.145 e. The summed E-state index contributed by atoms with van der Waals surface area (Å²) in [6.45, 7) is 2.04. The molecule has 5 heteroatoms. The van der Waals surface area contributed by atoms with E-state index in [9.17, 15) is 0 Å². The molecule has 1 aromatic carbocycles. The van der Waals surface area contributed by atoms with Crippen LogP contribution in [0, 0.1) is 0 Å². The van der Waals surface area contributed by atoms with Crippen LogP contribution < -0.4 is 10.1 Å². The molecule has 0 saturated heterocycles. The van der Waals surface area contributed by atoms with E-state index in [2.05, 4.69) is 10.3 Å². The summed E-state index contributed by atoms with van der Waals surface area (Å²) in [6, 6.07) is 9.14. The minimum Gasteiger partial charge on any atom is -0.456 e. The molecule has 0 bridgehead atoms. The van der Waals surface area contributed by atoms with Crippen LogP contribution in [-0.4, -0.2) is 12.0 Å². The Morgan fingerprint density at radius 2 is 1.84 bits per heavy atom. The molecule has 1 aromatic heterocycles. The number of hydrogen-bond acceptors (Lipinski definition) is 3. The Labute approximate surface area is 122 Å². The number of nitrogens with one attached hydrogen (secondary N) is 1. The molecule has 1 N–H and O–H groups in total. The molecule has 3 nitrogen and oxygen atoms in total. The van der Waals surface area contributed by atoms with Gasteiger partial charge in [-0.3, -0.25) is 4.98 Å². The number of hydrogen-bond donors (Lipinski definition) is 1. The zero-order valence-corrected chi connectivity index (χ0v) is 12.2. The topological polar surface area (TPSA) is 34.1 Å². The summed E-state index contributed by atoms with van der Waals surface area (Å²) in [5, 5.41) is 4.10. The minimum absolute atomic E-state index is 0.207. The third-order valence-corrected chi connectivity index (χ3v) is 3.50. The molecule has 1 unspecified atom stereocenters. The lowest BCUT2D eigenvalue weighted by Gasteiger charge is -2.10. The molecule has 1 atom stereocenters. The quantitative estimate of drug-likeness (QED) is 0.904. The molecular formula is C14H14Cl2N2O. The van der Waals surface area contributed by atoms with Crippen LogP contribution in [0.1, 0.15) is 18.7 Å². The van der Waals surface area contributed by atoms with E-state index in [1.807, 2.05) is 26.1 Å². The number of benzene rings is 1. The maximum atomic E-state index is 5.93. The summed E-state index contributed by atoms with van der Waals surface area (Å²) in [5.41, 5.74) is 0.962. The second-order valence-electron chi connectivity index (χ2n) is 4.11. The van der Waals surface area contributed by atoms with Gasteiger partial charge in [0.15, 0.2) is 0 Å². The molecule has 0 aliphatic carbocycles. The number of nitrogens with zero attached hydrogens (tertiary/aromatic N) is 1. The Morgan fingerprint density at radius 3 is 2.42 bits per heavy atom.